The first kappa shape index (κ1) is 23.0. The molecule has 6 heteroatoms. The normalized spacial score (nSPS) is 18.8. The smallest absolute Gasteiger partial charge is 0.191 e. The van der Waals surface area contributed by atoms with E-state index in [9.17, 15) is 0 Å². The van der Waals surface area contributed by atoms with Crippen LogP contribution >= 0.6 is 0 Å². The highest BCUT2D eigenvalue weighted by molar-refractivity contribution is 5.79. The van der Waals surface area contributed by atoms with E-state index in [4.69, 9.17) is 9.47 Å². The second-order valence-electron chi connectivity index (χ2n) is 9.09. The van der Waals surface area contributed by atoms with Gasteiger partial charge in [-0.3, -0.25) is 9.89 Å². The molecule has 1 saturated heterocycles. The molecule has 0 saturated carbocycles. The summed E-state index contributed by atoms with van der Waals surface area (Å²) >= 11 is 0. The standard InChI is InChI=1S/C24H40N4O2/c1-24(2,28-13-9-21-7-4-5-8-22(21)17-28)19-27-23(25-3)26-12-6-14-30-18-20-10-15-29-16-11-20/h4-5,7-8,20H,6,9-19H2,1-3H3,(H2,25,26,27). The predicted molar refractivity (Wildman–Crippen MR) is 123 cm³/mol. The van der Waals surface area contributed by atoms with E-state index >= 15 is 0 Å². The quantitative estimate of drug-likeness (QED) is 0.368. The Kier molecular flexibility index (Phi) is 8.97. The maximum absolute atomic E-state index is 5.85. The van der Waals surface area contributed by atoms with Gasteiger partial charge >= 0.3 is 0 Å². The highest BCUT2D eigenvalue weighted by Crippen LogP contribution is 2.24. The minimum atomic E-state index is 0.0535. The predicted octanol–water partition coefficient (Wildman–Crippen LogP) is 2.82. The lowest BCUT2D eigenvalue weighted by Crippen LogP contribution is -2.54. The van der Waals surface area contributed by atoms with E-state index in [1.54, 1.807) is 0 Å². The molecule has 0 amide bonds. The zero-order chi connectivity index (χ0) is 21.2. The molecule has 168 valence electrons. The lowest BCUT2D eigenvalue weighted by atomic mass is 9.94. The first-order valence-corrected chi connectivity index (χ1v) is 11.5. The SMILES string of the molecule is CN=C(NCCCOCC1CCOCC1)NCC(C)(C)N1CCc2ccccc2C1. The molecule has 0 spiro atoms. The van der Waals surface area contributed by atoms with Gasteiger partial charge in [-0.25, -0.2) is 0 Å². The van der Waals surface area contributed by atoms with E-state index in [2.05, 4.69) is 58.6 Å². The van der Waals surface area contributed by atoms with Crippen LogP contribution in [0.1, 0.15) is 44.2 Å². The maximum atomic E-state index is 5.85. The van der Waals surface area contributed by atoms with Crippen LogP contribution in [0.15, 0.2) is 29.3 Å². The number of nitrogens with zero attached hydrogens (tertiary/aromatic N) is 2. The van der Waals surface area contributed by atoms with Crippen molar-refractivity contribution >= 4 is 5.96 Å². The van der Waals surface area contributed by atoms with E-state index < -0.39 is 0 Å². The monoisotopic (exact) mass is 416 g/mol. The van der Waals surface area contributed by atoms with Gasteiger partial charge in [0.1, 0.15) is 0 Å². The van der Waals surface area contributed by atoms with Gasteiger partial charge in [-0.05, 0) is 56.6 Å². The summed E-state index contributed by atoms with van der Waals surface area (Å²) in [7, 11) is 1.83. The van der Waals surface area contributed by atoms with Crippen molar-refractivity contribution in [1.29, 1.82) is 0 Å². The van der Waals surface area contributed by atoms with Crippen molar-refractivity contribution < 1.29 is 9.47 Å². The van der Waals surface area contributed by atoms with E-state index in [1.165, 1.54) is 11.1 Å². The van der Waals surface area contributed by atoms with Crippen LogP contribution in [0.5, 0.6) is 0 Å². The first-order valence-electron chi connectivity index (χ1n) is 11.5. The molecular formula is C24H40N4O2. The van der Waals surface area contributed by atoms with Crippen molar-refractivity contribution in [2.45, 2.75) is 51.6 Å². The fraction of sp³-hybridized carbons (Fsp3) is 0.708. The molecule has 0 unspecified atom stereocenters. The van der Waals surface area contributed by atoms with E-state index in [1.807, 2.05) is 7.05 Å². The number of benzene rings is 1. The molecule has 0 bridgehead atoms. The van der Waals surface area contributed by atoms with Gasteiger partial charge < -0.3 is 20.1 Å². The highest BCUT2D eigenvalue weighted by Gasteiger charge is 2.29. The molecule has 2 heterocycles. The minimum absolute atomic E-state index is 0.0535. The zero-order valence-corrected chi connectivity index (χ0v) is 19.1. The summed E-state index contributed by atoms with van der Waals surface area (Å²) in [5.74, 6) is 1.54. The zero-order valence-electron chi connectivity index (χ0n) is 19.1. The Bertz CT molecular complexity index is 671. The molecular weight excluding hydrogens is 376 g/mol. The van der Waals surface area contributed by atoms with Crippen LogP contribution in [0.4, 0.5) is 0 Å². The summed E-state index contributed by atoms with van der Waals surface area (Å²) in [5, 5.41) is 6.94. The second kappa shape index (κ2) is 11.7. The molecule has 0 aromatic heterocycles. The van der Waals surface area contributed by atoms with Crippen molar-refractivity contribution in [3.8, 4) is 0 Å². The summed E-state index contributed by atoms with van der Waals surface area (Å²) in [6.07, 6.45) is 4.37. The average Bonchev–Trinajstić information content (AvgIpc) is 2.78. The summed E-state index contributed by atoms with van der Waals surface area (Å²) in [4.78, 5) is 6.95. The third kappa shape index (κ3) is 6.96. The summed E-state index contributed by atoms with van der Waals surface area (Å²) in [6, 6.07) is 8.81. The van der Waals surface area contributed by atoms with Crippen molar-refractivity contribution in [3.05, 3.63) is 35.4 Å². The van der Waals surface area contributed by atoms with Crippen molar-refractivity contribution in [2.75, 3.05) is 53.1 Å². The van der Waals surface area contributed by atoms with Crippen molar-refractivity contribution in [2.24, 2.45) is 10.9 Å². The number of hydrogen-bond acceptors (Lipinski definition) is 4. The van der Waals surface area contributed by atoms with Crippen LogP contribution in [0.25, 0.3) is 0 Å². The molecule has 0 radical (unpaired) electrons. The highest BCUT2D eigenvalue weighted by atomic mass is 16.5. The number of aliphatic imine (C=N–C) groups is 1. The number of guanidine groups is 1. The van der Waals surface area contributed by atoms with E-state index in [-0.39, 0.29) is 5.54 Å². The Morgan fingerprint density at radius 2 is 1.97 bits per heavy atom. The van der Waals surface area contributed by atoms with E-state index in [0.717, 1.165) is 84.2 Å². The maximum Gasteiger partial charge on any atom is 0.191 e. The topological polar surface area (TPSA) is 58.1 Å². The summed E-state index contributed by atoms with van der Waals surface area (Å²) in [6.45, 7) is 11.9. The van der Waals surface area contributed by atoms with Gasteiger partial charge in [0, 0.05) is 65.2 Å². The Balaban J connectivity index is 1.32. The van der Waals surface area contributed by atoms with Crippen LogP contribution in [0.3, 0.4) is 0 Å². The third-order valence-corrected chi connectivity index (χ3v) is 6.35. The van der Waals surface area contributed by atoms with Crippen LogP contribution in [0, 0.1) is 5.92 Å². The van der Waals surface area contributed by atoms with Gasteiger partial charge in [0.05, 0.1) is 0 Å². The van der Waals surface area contributed by atoms with Gasteiger partial charge in [-0.15, -0.1) is 0 Å². The Morgan fingerprint density at radius 3 is 2.73 bits per heavy atom. The Morgan fingerprint density at radius 1 is 1.20 bits per heavy atom. The fourth-order valence-electron chi connectivity index (χ4n) is 4.19. The molecule has 1 aromatic rings. The second-order valence-corrected chi connectivity index (χ2v) is 9.09. The molecule has 2 N–H and O–H groups in total. The van der Waals surface area contributed by atoms with Gasteiger partial charge in [0.2, 0.25) is 0 Å². The van der Waals surface area contributed by atoms with Crippen LogP contribution in [-0.2, 0) is 22.4 Å². The van der Waals surface area contributed by atoms with Gasteiger partial charge in [-0.1, -0.05) is 24.3 Å². The molecule has 6 nitrogen and oxygen atoms in total. The number of nitrogens with one attached hydrogen (secondary N) is 2. The van der Waals surface area contributed by atoms with Gasteiger partial charge in [0.25, 0.3) is 0 Å². The summed E-state index contributed by atoms with van der Waals surface area (Å²) < 4.78 is 11.2. The molecule has 0 aliphatic carbocycles. The number of rotatable bonds is 9. The number of fused-ring (bicyclic) bond motifs is 1. The lowest BCUT2D eigenvalue weighted by Gasteiger charge is -2.42. The van der Waals surface area contributed by atoms with Crippen LogP contribution < -0.4 is 10.6 Å². The molecule has 2 aliphatic heterocycles. The molecule has 2 aliphatic rings. The average molecular weight is 417 g/mol. The molecule has 30 heavy (non-hydrogen) atoms. The Hall–Kier alpha value is -1.63. The number of hydrogen-bond donors (Lipinski definition) is 2. The van der Waals surface area contributed by atoms with E-state index in [0.29, 0.717) is 5.92 Å². The Labute approximate surface area is 182 Å². The molecule has 1 fully saturated rings. The molecule has 0 atom stereocenters. The van der Waals surface area contributed by atoms with Crippen molar-refractivity contribution in [1.82, 2.24) is 15.5 Å². The van der Waals surface area contributed by atoms with Crippen LogP contribution in [0.2, 0.25) is 0 Å². The third-order valence-electron chi connectivity index (χ3n) is 6.35. The van der Waals surface area contributed by atoms with Crippen LogP contribution in [-0.4, -0.2) is 69.5 Å². The van der Waals surface area contributed by atoms with Crippen molar-refractivity contribution in [3.63, 3.8) is 0 Å². The molecule has 1 aromatic carbocycles. The summed E-state index contributed by atoms with van der Waals surface area (Å²) in [5.41, 5.74) is 3.01. The molecule has 3 rings (SSSR count). The van der Waals surface area contributed by atoms with Gasteiger partial charge in [-0.2, -0.15) is 0 Å². The van der Waals surface area contributed by atoms with Gasteiger partial charge in [0.15, 0.2) is 5.96 Å². The lowest BCUT2D eigenvalue weighted by molar-refractivity contribution is 0.0203. The largest absolute Gasteiger partial charge is 0.381 e. The first-order chi connectivity index (χ1) is 14.6. The fourth-order valence-corrected chi connectivity index (χ4v) is 4.19. The minimum Gasteiger partial charge on any atom is -0.381 e. The number of ether oxygens (including phenoxy) is 2.